The fourth-order valence-electron chi connectivity index (χ4n) is 1.90. The Balaban J connectivity index is 2.05. The molecule has 0 aliphatic carbocycles. The van der Waals surface area contributed by atoms with Gasteiger partial charge in [-0.1, -0.05) is 17.7 Å². The highest BCUT2D eigenvalue weighted by Crippen LogP contribution is 2.33. The van der Waals surface area contributed by atoms with Crippen LogP contribution in [-0.4, -0.2) is 19.3 Å². The van der Waals surface area contributed by atoms with Crippen molar-refractivity contribution in [2.75, 3.05) is 13.2 Å². The summed E-state index contributed by atoms with van der Waals surface area (Å²) in [5.74, 6) is 0.335. The molecule has 100 valence electrons. The molecule has 2 rings (SSSR count). The van der Waals surface area contributed by atoms with E-state index < -0.39 is 19.2 Å². The molecular formula is C12H13ClF3NO. The van der Waals surface area contributed by atoms with Crippen molar-refractivity contribution >= 4 is 11.6 Å². The first-order valence-electron chi connectivity index (χ1n) is 5.68. The van der Waals surface area contributed by atoms with Gasteiger partial charge in [0.05, 0.1) is 18.1 Å². The van der Waals surface area contributed by atoms with Crippen LogP contribution in [0.4, 0.5) is 13.2 Å². The van der Waals surface area contributed by atoms with Crippen molar-refractivity contribution in [2.45, 2.75) is 25.6 Å². The summed E-state index contributed by atoms with van der Waals surface area (Å²) in [5.41, 5.74) is 2.05. The first-order chi connectivity index (χ1) is 8.47. The standard InChI is InChI=1S/C12H13ClF3NO/c13-11-9-3-5-17-7-8(9)1-2-10(11)18-6-4-12(14,15)16/h1-2,17H,3-7H2. The number of alkyl halides is 3. The van der Waals surface area contributed by atoms with E-state index in [-0.39, 0.29) is 0 Å². The van der Waals surface area contributed by atoms with E-state index in [1.165, 1.54) is 0 Å². The Hall–Kier alpha value is -0.940. The molecule has 0 unspecified atom stereocenters. The van der Waals surface area contributed by atoms with Gasteiger partial charge in [0, 0.05) is 6.54 Å². The summed E-state index contributed by atoms with van der Waals surface area (Å²) in [6.45, 7) is 1.15. The average Bonchev–Trinajstić information content (AvgIpc) is 2.31. The third kappa shape index (κ3) is 3.29. The van der Waals surface area contributed by atoms with E-state index in [4.69, 9.17) is 16.3 Å². The Morgan fingerprint density at radius 2 is 2.11 bits per heavy atom. The number of nitrogens with one attached hydrogen (secondary N) is 1. The molecule has 0 bridgehead atoms. The van der Waals surface area contributed by atoms with Gasteiger partial charge in [0.15, 0.2) is 0 Å². The molecule has 0 amide bonds. The van der Waals surface area contributed by atoms with Crippen molar-refractivity contribution < 1.29 is 17.9 Å². The van der Waals surface area contributed by atoms with Crippen molar-refractivity contribution in [3.63, 3.8) is 0 Å². The number of rotatable bonds is 3. The van der Waals surface area contributed by atoms with Gasteiger partial charge < -0.3 is 10.1 Å². The Morgan fingerprint density at radius 3 is 2.83 bits per heavy atom. The molecule has 18 heavy (non-hydrogen) atoms. The number of ether oxygens (including phenoxy) is 1. The molecular weight excluding hydrogens is 267 g/mol. The van der Waals surface area contributed by atoms with E-state index in [9.17, 15) is 13.2 Å². The molecule has 1 aliphatic heterocycles. The van der Waals surface area contributed by atoms with Gasteiger partial charge in [-0.3, -0.25) is 0 Å². The van der Waals surface area contributed by atoms with Gasteiger partial charge in [0.1, 0.15) is 5.75 Å². The zero-order chi connectivity index (χ0) is 13.2. The summed E-state index contributed by atoms with van der Waals surface area (Å²) >= 11 is 6.14. The van der Waals surface area contributed by atoms with Crippen LogP contribution in [0.3, 0.4) is 0 Å². The Morgan fingerprint density at radius 1 is 1.33 bits per heavy atom. The molecule has 1 aromatic rings. The zero-order valence-corrected chi connectivity index (χ0v) is 10.4. The summed E-state index contributed by atoms with van der Waals surface area (Å²) in [4.78, 5) is 0. The lowest BCUT2D eigenvalue weighted by molar-refractivity contribution is -0.139. The fraction of sp³-hybridized carbons (Fsp3) is 0.500. The molecule has 0 fully saturated rings. The molecule has 0 spiro atoms. The maximum absolute atomic E-state index is 12.0. The van der Waals surface area contributed by atoms with E-state index >= 15 is 0 Å². The molecule has 1 N–H and O–H groups in total. The third-order valence-corrected chi connectivity index (χ3v) is 3.23. The molecule has 1 aliphatic rings. The minimum atomic E-state index is -4.20. The summed E-state index contributed by atoms with van der Waals surface area (Å²) in [7, 11) is 0. The van der Waals surface area contributed by atoms with Crippen LogP contribution in [0.5, 0.6) is 5.75 Å². The Kier molecular flexibility index (Phi) is 4.02. The number of hydrogen-bond donors (Lipinski definition) is 1. The summed E-state index contributed by atoms with van der Waals surface area (Å²) < 4.78 is 41.1. The highest BCUT2D eigenvalue weighted by Gasteiger charge is 2.27. The van der Waals surface area contributed by atoms with Crippen LogP contribution in [0.2, 0.25) is 5.02 Å². The molecule has 1 aromatic carbocycles. The number of fused-ring (bicyclic) bond motifs is 1. The first kappa shape index (κ1) is 13.5. The fourth-order valence-corrected chi connectivity index (χ4v) is 2.23. The van der Waals surface area contributed by atoms with E-state index in [1.807, 2.05) is 6.07 Å². The highest BCUT2D eigenvalue weighted by molar-refractivity contribution is 6.33. The van der Waals surface area contributed by atoms with Crippen LogP contribution in [0.15, 0.2) is 12.1 Å². The Bertz CT molecular complexity index is 434. The maximum Gasteiger partial charge on any atom is 0.392 e. The van der Waals surface area contributed by atoms with Crippen LogP contribution >= 0.6 is 11.6 Å². The van der Waals surface area contributed by atoms with E-state index in [1.54, 1.807) is 6.07 Å². The normalized spacial score (nSPS) is 15.3. The monoisotopic (exact) mass is 279 g/mol. The van der Waals surface area contributed by atoms with E-state index in [0.717, 1.165) is 30.6 Å². The molecule has 0 saturated carbocycles. The SMILES string of the molecule is FC(F)(F)CCOc1ccc2c(c1Cl)CCNC2. The summed E-state index contributed by atoms with van der Waals surface area (Å²) in [6, 6.07) is 3.47. The van der Waals surface area contributed by atoms with E-state index in [0.29, 0.717) is 10.8 Å². The van der Waals surface area contributed by atoms with Crippen molar-refractivity contribution in [3.8, 4) is 5.75 Å². The van der Waals surface area contributed by atoms with Crippen molar-refractivity contribution in [3.05, 3.63) is 28.3 Å². The van der Waals surface area contributed by atoms with Gasteiger partial charge in [-0.2, -0.15) is 13.2 Å². The maximum atomic E-state index is 12.0. The molecule has 1 heterocycles. The largest absolute Gasteiger partial charge is 0.492 e. The lowest BCUT2D eigenvalue weighted by Gasteiger charge is -2.20. The summed E-state index contributed by atoms with van der Waals surface area (Å²) in [5, 5.41) is 3.64. The second kappa shape index (κ2) is 5.36. The minimum Gasteiger partial charge on any atom is -0.492 e. The van der Waals surface area contributed by atoms with Crippen LogP contribution < -0.4 is 10.1 Å². The average molecular weight is 280 g/mol. The molecule has 0 saturated heterocycles. The number of hydrogen-bond acceptors (Lipinski definition) is 2. The first-order valence-corrected chi connectivity index (χ1v) is 6.06. The predicted molar refractivity (Wildman–Crippen MR) is 63.0 cm³/mol. The molecule has 0 aromatic heterocycles. The van der Waals surface area contributed by atoms with E-state index in [2.05, 4.69) is 5.32 Å². The van der Waals surface area contributed by atoms with Gasteiger partial charge in [-0.25, -0.2) is 0 Å². The number of benzene rings is 1. The van der Waals surface area contributed by atoms with Gasteiger partial charge in [-0.15, -0.1) is 0 Å². The second-order valence-electron chi connectivity index (χ2n) is 4.16. The number of halogens is 4. The molecule has 0 atom stereocenters. The Labute approximate surface area is 108 Å². The van der Waals surface area contributed by atoms with Gasteiger partial charge in [0.2, 0.25) is 0 Å². The predicted octanol–water partition coefficient (Wildman–Crippen LogP) is 3.32. The molecule has 0 radical (unpaired) electrons. The van der Waals surface area contributed by atoms with Crippen LogP contribution in [-0.2, 0) is 13.0 Å². The zero-order valence-electron chi connectivity index (χ0n) is 9.61. The highest BCUT2D eigenvalue weighted by atomic mass is 35.5. The van der Waals surface area contributed by atoms with Crippen LogP contribution in [0.1, 0.15) is 17.5 Å². The van der Waals surface area contributed by atoms with Crippen molar-refractivity contribution in [2.24, 2.45) is 0 Å². The van der Waals surface area contributed by atoms with Crippen molar-refractivity contribution in [1.29, 1.82) is 0 Å². The lowest BCUT2D eigenvalue weighted by Crippen LogP contribution is -2.24. The van der Waals surface area contributed by atoms with Gasteiger partial charge in [-0.05, 0) is 30.2 Å². The smallest absolute Gasteiger partial charge is 0.392 e. The summed E-state index contributed by atoms with van der Waals surface area (Å²) in [6.07, 6.45) is -4.41. The molecule has 2 nitrogen and oxygen atoms in total. The topological polar surface area (TPSA) is 21.3 Å². The quantitative estimate of drug-likeness (QED) is 0.916. The van der Waals surface area contributed by atoms with Gasteiger partial charge in [0.25, 0.3) is 0 Å². The van der Waals surface area contributed by atoms with Crippen molar-refractivity contribution in [1.82, 2.24) is 5.32 Å². The van der Waals surface area contributed by atoms with Crippen LogP contribution in [0, 0.1) is 0 Å². The lowest BCUT2D eigenvalue weighted by atomic mass is 10.0. The van der Waals surface area contributed by atoms with Gasteiger partial charge >= 0.3 is 6.18 Å². The molecule has 6 heteroatoms. The minimum absolute atomic E-state index is 0.335. The van der Waals surface area contributed by atoms with Crippen LogP contribution in [0.25, 0.3) is 0 Å². The third-order valence-electron chi connectivity index (χ3n) is 2.82. The second-order valence-corrected chi connectivity index (χ2v) is 4.53.